The molecule has 16 heavy (non-hydrogen) atoms. The lowest BCUT2D eigenvalue weighted by atomic mass is 10.2. The Morgan fingerprint density at radius 3 is 3.19 bits per heavy atom. The summed E-state index contributed by atoms with van der Waals surface area (Å²) in [6, 6.07) is 0.471. The van der Waals surface area contributed by atoms with Crippen molar-refractivity contribution in [2.24, 2.45) is 7.05 Å². The predicted octanol–water partition coefficient (Wildman–Crippen LogP) is -0.160. The van der Waals surface area contributed by atoms with Gasteiger partial charge in [-0.1, -0.05) is 0 Å². The fourth-order valence-corrected chi connectivity index (χ4v) is 2.11. The maximum absolute atomic E-state index is 5.51. The van der Waals surface area contributed by atoms with Crippen molar-refractivity contribution in [3.63, 3.8) is 0 Å². The zero-order chi connectivity index (χ0) is 11.4. The maximum Gasteiger partial charge on any atom is 0.0635 e. The first kappa shape index (κ1) is 11.6. The van der Waals surface area contributed by atoms with Gasteiger partial charge < -0.3 is 10.1 Å². The summed E-state index contributed by atoms with van der Waals surface area (Å²) < 4.78 is 7.36. The van der Waals surface area contributed by atoms with E-state index in [9.17, 15) is 0 Å². The van der Waals surface area contributed by atoms with Crippen molar-refractivity contribution >= 4 is 0 Å². The van der Waals surface area contributed by atoms with Crippen molar-refractivity contribution in [3.05, 3.63) is 18.0 Å². The molecule has 0 aliphatic carbocycles. The van der Waals surface area contributed by atoms with Crippen LogP contribution in [-0.4, -0.2) is 54.1 Å². The summed E-state index contributed by atoms with van der Waals surface area (Å²) in [5.41, 5.74) is 1.27. The number of nitrogens with zero attached hydrogens (tertiary/aromatic N) is 3. The van der Waals surface area contributed by atoms with Gasteiger partial charge in [0.1, 0.15) is 0 Å². The zero-order valence-electron chi connectivity index (χ0n) is 10.0. The third-order valence-electron chi connectivity index (χ3n) is 2.93. The summed E-state index contributed by atoms with van der Waals surface area (Å²) in [5, 5.41) is 7.41. The second kappa shape index (κ2) is 5.43. The van der Waals surface area contributed by atoms with Crippen molar-refractivity contribution in [1.29, 1.82) is 0 Å². The second-order valence-electron chi connectivity index (χ2n) is 4.28. The van der Waals surface area contributed by atoms with Gasteiger partial charge in [0.05, 0.1) is 19.4 Å². The largest absolute Gasteiger partial charge is 0.378 e. The molecule has 0 saturated carbocycles. The molecule has 1 aromatic heterocycles. The average Bonchev–Trinajstić information content (AvgIpc) is 2.67. The summed E-state index contributed by atoms with van der Waals surface area (Å²) in [7, 11) is 3.94. The lowest BCUT2D eigenvalue weighted by Crippen LogP contribution is -2.49. The Kier molecular flexibility index (Phi) is 3.93. The summed E-state index contributed by atoms with van der Waals surface area (Å²) in [6.45, 7) is 4.59. The molecule has 1 unspecified atom stereocenters. The lowest BCUT2D eigenvalue weighted by Gasteiger charge is -2.35. The first-order valence-electron chi connectivity index (χ1n) is 5.73. The molecule has 0 bridgehead atoms. The smallest absolute Gasteiger partial charge is 0.0635 e. The Morgan fingerprint density at radius 1 is 1.62 bits per heavy atom. The number of ether oxygens (including phenoxy) is 1. The first-order valence-corrected chi connectivity index (χ1v) is 5.73. The van der Waals surface area contributed by atoms with Gasteiger partial charge in [-0.3, -0.25) is 9.58 Å². The van der Waals surface area contributed by atoms with E-state index < -0.39 is 0 Å². The Balaban J connectivity index is 1.95. The van der Waals surface area contributed by atoms with Gasteiger partial charge in [-0.2, -0.15) is 5.10 Å². The molecule has 2 heterocycles. The molecular weight excluding hydrogens is 204 g/mol. The number of aromatic nitrogens is 2. The molecule has 1 fully saturated rings. The number of morpholine rings is 1. The molecule has 0 radical (unpaired) electrons. The van der Waals surface area contributed by atoms with Gasteiger partial charge in [-0.25, -0.2) is 0 Å². The van der Waals surface area contributed by atoms with Gasteiger partial charge in [0.2, 0.25) is 0 Å². The van der Waals surface area contributed by atoms with Crippen molar-refractivity contribution in [3.8, 4) is 0 Å². The summed E-state index contributed by atoms with van der Waals surface area (Å²) in [6.07, 6.45) is 4.01. The number of hydrogen-bond donors (Lipinski definition) is 1. The average molecular weight is 224 g/mol. The third-order valence-corrected chi connectivity index (χ3v) is 2.93. The molecule has 1 N–H and O–H groups in total. The van der Waals surface area contributed by atoms with E-state index in [4.69, 9.17) is 4.74 Å². The van der Waals surface area contributed by atoms with E-state index in [1.807, 2.05) is 25.0 Å². The van der Waals surface area contributed by atoms with Crippen LogP contribution in [0.4, 0.5) is 0 Å². The molecule has 0 amide bonds. The number of likely N-dealkylation sites (N-methyl/N-ethyl adjacent to an activating group) is 1. The van der Waals surface area contributed by atoms with E-state index >= 15 is 0 Å². The minimum absolute atomic E-state index is 0.471. The van der Waals surface area contributed by atoms with Gasteiger partial charge in [0, 0.05) is 44.5 Å². The molecule has 90 valence electrons. The van der Waals surface area contributed by atoms with Crippen molar-refractivity contribution in [2.45, 2.75) is 12.6 Å². The maximum atomic E-state index is 5.51. The quantitative estimate of drug-likeness (QED) is 0.772. The first-order chi connectivity index (χ1) is 7.79. The summed E-state index contributed by atoms with van der Waals surface area (Å²) in [5.74, 6) is 0. The van der Waals surface area contributed by atoms with Gasteiger partial charge in [0.25, 0.3) is 0 Å². The van der Waals surface area contributed by atoms with Gasteiger partial charge in [0.15, 0.2) is 0 Å². The molecule has 1 aromatic rings. The highest BCUT2D eigenvalue weighted by molar-refractivity contribution is 5.04. The van der Waals surface area contributed by atoms with Crippen LogP contribution in [0.2, 0.25) is 0 Å². The molecule has 0 spiro atoms. The van der Waals surface area contributed by atoms with Crippen LogP contribution < -0.4 is 5.32 Å². The second-order valence-corrected chi connectivity index (χ2v) is 4.28. The molecule has 2 rings (SSSR count). The van der Waals surface area contributed by atoms with Crippen LogP contribution in [-0.2, 0) is 18.3 Å². The lowest BCUT2D eigenvalue weighted by molar-refractivity contribution is -0.0103. The standard InChI is InChI=1S/C11H20N4O/c1-12-6-11-9-16-4-3-15(11)8-10-5-13-14(2)7-10/h5,7,11-12H,3-4,6,8-9H2,1-2H3. The highest BCUT2D eigenvalue weighted by atomic mass is 16.5. The fraction of sp³-hybridized carbons (Fsp3) is 0.727. The summed E-state index contributed by atoms with van der Waals surface area (Å²) in [4.78, 5) is 2.46. The molecule has 1 atom stereocenters. The predicted molar refractivity (Wildman–Crippen MR) is 62.2 cm³/mol. The van der Waals surface area contributed by atoms with Crippen molar-refractivity contribution in [2.75, 3.05) is 33.4 Å². The Morgan fingerprint density at radius 2 is 2.50 bits per heavy atom. The number of hydrogen-bond acceptors (Lipinski definition) is 4. The SMILES string of the molecule is CNCC1COCCN1Cc1cnn(C)c1. The number of aryl methyl sites for hydroxylation is 1. The van der Waals surface area contributed by atoms with Crippen LogP contribution in [0.1, 0.15) is 5.56 Å². The zero-order valence-corrected chi connectivity index (χ0v) is 10.0. The van der Waals surface area contributed by atoms with E-state index in [1.54, 1.807) is 0 Å². The molecule has 1 saturated heterocycles. The van der Waals surface area contributed by atoms with Gasteiger partial charge in [-0.15, -0.1) is 0 Å². The van der Waals surface area contributed by atoms with E-state index in [0.29, 0.717) is 6.04 Å². The monoisotopic (exact) mass is 224 g/mol. The molecule has 5 nitrogen and oxygen atoms in total. The Hall–Kier alpha value is -0.910. The molecule has 1 aliphatic heterocycles. The van der Waals surface area contributed by atoms with Crippen LogP contribution in [0, 0.1) is 0 Å². The van der Waals surface area contributed by atoms with Crippen LogP contribution in [0.15, 0.2) is 12.4 Å². The van der Waals surface area contributed by atoms with Crippen LogP contribution >= 0.6 is 0 Å². The van der Waals surface area contributed by atoms with Crippen LogP contribution in [0.3, 0.4) is 0 Å². The van der Waals surface area contributed by atoms with E-state index in [1.165, 1.54) is 5.56 Å². The molecule has 0 aromatic carbocycles. The topological polar surface area (TPSA) is 42.3 Å². The van der Waals surface area contributed by atoms with Crippen molar-refractivity contribution < 1.29 is 4.74 Å². The Labute approximate surface area is 96.4 Å². The Bertz CT molecular complexity index is 324. The highest BCUT2D eigenvalue weighted by Crippen LogP contribution is 2.11. The van der Waals surface area contributed by atoms with Crippen LogP contribution in [0.5, 0.6) is 0 Å². The van der Waals surface area contributed by atoms with Gasteiger partial charge >= 0.3 is 0 Å². The normalized spacial score (nSPS) is 22.5. The number of rotatable bonds is 4. The van der Waals surface area contributed by atoms with Crippen molar-refractivity contribution in [1.82, 2.24) is 20.0 Å². The molecular formula is C11H20N4O. The van der Waals surface area contributed by atoms with Gasteiger partial charge in [-0.05, 0) is 7.05 Å². The van der Waals surface area contributed by atoms with E-state index in [-0.39, 0.29) is 0 Å². The minimum atomic E-state index is 0.471. The number of nitrogens with one attached hydrogen (secondary N) is 1. The minimum Gasteiger partial charge on any atom is -0.378 e. The highest BCUT2D eigenvalue weighted by Gasteiger charge is 2.22. The summed E-state index contributed by atoms with van der Waals surface area (Å²) >= 11 is 0. The fourth-order valence-electron chi connectivity index (χ4n) is 2.11. The van der Waals surface area contributed by atoms with E-state index in [0.717, 1.165) is 32.8 Å². The molecule has 5 heteroatoms. The van der Waals surface area contributed by atoms with Crippen LogP contribution in [0.25, 0.3) is 0 Å². The molecule has 1 aliphatic rings. The third kappa shape index (κ3) is 2.81. The van der Waals surface area contributed by atoms with E-state index in [2.05, 4.69) is 21.5 Å².